The monoisotopic (exact) mass is 562 g/mol. The predicted octanol–water partition coefficient (Wildman–Crippen LogP) is 8.35. The summed E-state index contributed by atoms with van der Waals surface area (Å²) in [6, 6.07) is 1.15. The van der Waals surface area contributed by atoms with Crippen LogP contribution in [0.3, 0.4) is 0 Å². The Morgan fingerprint density at radius 1 is 0.974 bits per heavy atom. The Bertz CT molecular complexity index is 838. The number of hydrogen-bond donors (Lipinski definition) is 1. The Labute approximate surface area is 241 Å². The second-order valence-electron chi connectivity index (χ2n) is 16.6. The van der Waals surface area contributed by atoms with E-state index in [0.717, 1.165) is 43.2 Å². The molecular weight excluding hydrogens is 500 g/mol. The van der Waals surface area contributed by atoms with Crippen molar-refractivity contribution in [2.75, 3.05) is 20.0 Å². The second kappa shape index (κ2) is 12.2. The lowest BCUT2D eigenvalue weighted by molar-refractivity contribution is -0.212. The van der Waals surface area contributed by atoms with Gasteiger partial charge in [0.05, 0.1) is 6.61 Å². The summed E-state index contributed by atoms with van der Waals surface area (Å²) in [6.45, 7) is 20.8. The first-order valence-corrected chi connectivity index (χ1v) is 20.3. The van der Waals surface area contributed by atoms with Gasteiger partial charge in [0.15, 0.2) is 5.78 Å². The van der Waals surface area contributed by atoms with Gasteiger partial charge >= 0.3 is 0 Å². The molecule has 5 heteroatoms. The number of rotatable bonds is 12. The molecule has 226 valence electrons. The van der Waals surface area contributed by atoms with Crippen molar-refractivity contribution in [2.45, 2.75) is 137 Å². The fourth-order valence-corrected chi connectivity index (χ4v) is 10.8. The molecule has 0 saturated heterocycles. The minimum absolute atomic E-state index is 0.139. The lowest BCUT2D eigenvalue weighted by atomic mass is 9.42. The maximum absolute atomic E-state index is 13.9. The van der Waals surface area contributed by atoms with Crippen LogP contribution in [0.25, 0.3) is 0 Å². The highest BCUT2D eigenvalue weighted by Crippen LogP contribution is 2.68. The van der Waals surface area contributed by atoms with E-state index in [4.69, 9.17) is 9.47 Å². The number of carbonyl (C=O) groups excluding carboxylic acids is 1. The van der Waals surface area contributed by atoms with E-state index in [-0.39, 0.29) is 17.1 Å². The van der Waals surface area contributed by atoms with Crippen LogP contribution >= 0.6 is 0 Å². The SMILES string of the molecule is CC(C)CCC[C@@H](C)[C@H]1CC[C@H]2[C@@H]3CC(=O)[C@@]4(O)C[C@@H](COCOCC[Si](C)(C)C)CC[C@]4(C)[C@H]3CC[C@]12C. The van der Waals surface area contributed by atoms with Gasteiger partial charge in [-0.05, 0) is 97.8 Å². The lowest BCUT2D eigenvalue weighted by Gasteiger charge is -2.63. The number of ether oxygens (including phenoxy) is 2. The third-order valence-electron chi connectivity index (χ3n) is 12.5. The standard InChI is InChI=1S/C34H62O4Si/c1-24(2)10-9-11-25(3)28-12-13-29-27-20-31(35)34(36)21-26(22-38-23-37-18-19-39(6,7)8)14-17-33(34,5)30(27)15-16-32(28,29)4/h24-30,36H,9-23H2,1-8H3/t25-,26+,27+,28-,29+,30+,32-,33-,34+/m1/s1. The molecule has 0 bridgehead atoms. The Morgan fingerprint density at radius 3 is 2.41 bits per heavy atom. The van der Waals surface area contributed by atoms with Gasteiger partial charge in [0, 0.05) is 26.5 Å². The summed E-state index contributed by atoms with van der Waals surface area (Å²) in [5.74, 6) is 4.32. The molecule has 0 radical (unpaired) electrons. The highest BCUT2D eigenvalue weighted by molar-refractivity contribution is 6.76. The van der Waals surface area contributed by atoms with E-state index >= 15 is 0 Å². The van der Waals surface area contributed by atoms with Crippen molar-refractivity contribution in [3.8, 4) is 0 Å². The maximum Gasteiger partial charge on any atom is 0.165 e. The van der Waals surface area contributed by atoms with E-state index < -0.39 is 13.7 Å². The van der Waals surface area contributed by atoms with E-state index in [1.807, 2.05) is 0 Å². The molecule has 1 N–H and O–H groups in total. The van der Waals surface area contributed by atoms with Crippen molar-refractivity contribution >= 4 is 13.9 Å². The summed E-state index contributed by atoms with van der Waals surface area (Å²) in [6.07, 6.45) is 12.3. The maximum atomic E-state index is 13.9. The van der Waals surface area contributed by atoms with Gasteiger partial charge in [0.1, 0.15) is 12.4 Å². The lowest BCUT2D eigenvalue weighted by Crippen LogP contribution is -2.66. The molecule has 9 atom stereocenters. The number of Topliss-reactive ketones (excluding diaryl/α,β-unsaturated/α-hetero) is 1. The van der Waals surface area contributed by atoms with Crippen LogP contribution in [0, 0.1) is 52.3 Å². The van der Waals surface area contributed by atoms with Crippen LogP contribution in [0.5, 0.6) is 0 Å². The molecule has 4 aliphatic carbocycles. The molecule has 4 aliphatic rings. The van der Waals surface area contributed by atoms with Crippen molar-refractivity contribution < 1.29 is 19.4 Å². The van der Waals surface area contributed by atoms with Gasteiger partial charge in [0.2, 0.25) is 0 Å². The first kappa shape index (κ1) is 31.7. The van der Waals surface area contributed by atoms with Gasteiger partial charge < -0.3 is 14.6 Å². The summed E-state index contributed by atoms with van der Waals surface area (Å²) in [7, 11) is -1.09. The number of carbonyl (C=O) groups is 1. The summed E-state index contributed by atoms with van der Waals surface area (Å²) < 4.78 is 11.6. The Balaban J connectivity index is 1.36. The minimum Gasteiger partial charge on any atom is -0.381 e. The summed E-state index contributed by atoms with van der Waals surface area (Å²) in [5.41, 5.74) is -1.11. The van der Waals surface area contributed by atoms with Gasteiger partial charge in [-0.3, -0.25) is 4.79 Å². The van der Waals surface area contributed by atoms with Crippen LogP contribution < -0.4 is 0 Å². The van der Waals surface area contributed by atoms with Crippen LogP contribution in [-0.4, -0.2) is 44.6 Å². The third-order valence-corrected chi connectivity index (χ3v) is 14.2. The molecule has 4 nitrogen and oxygen atoms in total. The fraction of sp³-hybridized carbons (Fsp3) is 0.971. The van der Waals surface area contributed by atoms with Crippen molar-refractivity contribution in [2.24, 2.45) is 52.3 Å². The number of aliphatic hydroxyl groups is 1. The topological polar surface area (TPSA) is 55.8 Å². The van der Waals surface area contributed by atoms with Gasteiger partial charge in [-0.2, -0.15) is 0 Å². The molecule has 0 amide bonds. The molecule has 4 fully saturated rings. The van der Waals surface area contributed by atoms with Crippen molar-refractivity contribution in [3.63, 3.8) is 0 Å². The summed E-state index contributed by atoms with van der Waals surface area (Å²) in [4.78, 5) is 13.9. The molecule has 0 aromatic carbocycles. The fourth-order valence-electron chi connectivity index (χ4n) is 10.0. The summed E-state index contributed by atoms with van der Waals surface area (Å²) >= 11 is 0. The smallest absolute Gasteiger partial charge is 0.165 e. The predicted molar refractivity (Wildman–Crippen MR) is 163 cm³/mol. The van der Waals surface area contributed by atoms with Crippen molar-refractivity contribution in [1.29, 1.82) is 0 Å². The Morgan fingerprint density at radius 2 is 1.72 bits per heavy atom. The second-order valence-corrected chi connectivity index (χ2v) is 22.2. The van der Waals surface area contributed by atoms with Crippen molar-refractivity contribution in [3.05, 3.63) is 0 Å². The average molecular weight is 563 g/mol. The van der Waals surface area contributed by atoms with Crippen molar-refractivity contribution in [1.82, 2.24) is 0 Å². The highest BCUT2D eigenvalue weighted by atomic mass is 28.3. The molecule has 4 rings (SSSR count). The third kappa shape index (κ3) is 6.42. The molecule has 0 unspecified atom stereocenters. The zero-order valence-corrected chi connectivity index (χ0v) is 27.8. The van der Waals surface area contributed by atoms with Gasteiger partial charge in [-0.1, -0.05) is 73.5 Å². The van der Waals surface area contributed by atoms with Crippen LogP contribution in [-0.2, 0) is 14.3 Å². The zero-order chi connectivity index (χ0) is 28.6. The first-order valence-electron chi connectivity index (χ1n) is 16.6. The van der Waals surface area contributed by atoms with Crippen LogP contribution in [0.1, 0.15) is 105 Å². The van der Waals surface area contributed by atoms with E-state index in [1.54, 1.807) is 0 Å². The molecule has 0 aromatic heterocycles. The first-order chi connectivity index (χ1) is 18.2. The summed E-state index contributed by atoms with van der Waals surface area (Å²) in [5, 5.41) is 12.1. The molecule has 0 spiro atoms. The van der Waals surface area contributed by atoms with Crippen LogP contribution in [0.2, 0.25) is 25.7 Å². The number of hydrogen-bond acceptors (Lipinski definition) is 4. The molecule has 0 heterocycles. The molecule has 4 saturated carbocycles. The van der Waals surface area contributed by atoms with Crippen LogP contribution in [0.15, 0.2) is 0 Å². The van der Waals surface area contributed by atoms with E-state index in [1.165, 1.54) is 44.9 Å². The number of fused-ring (bicyclic) bond motifs is 5. The zero-order valence-electron chi connectivity index (χ0n) is 26.8. The quantitative estimate of drug-likeness (QED) is 0.147. The Hall–Kier alpha value is -0.233. The van der Waals surface area contributed by atoms with E-state index in [9.17, 15) is 9.90 Å². The van der Waals surface area contributed by atoms with E-state index in [0.29, 0.717) is 49.4 Å². The van der Waals surface area contributed by atoms with Crippen LogP contribution in [0.4, 0.5) is 0 Å². The van der Waals surface area contributed by atoms with Gasteiger partial charge in [-0.15, -0.1) is 0 Å². The molecular formula is C34H62O4Si. The van der Waals surface area contributed by atoms with Gasteiger partial charge in [0.25, 0.3) is 0 Å². The van der Waals surface area contributed by atoms with Gasteiger partial charge in [-0.25, -0.2) is 0 Å². The normalized spacial score (nSPS) is 41.3. The number of ketones is 1. The van der Waals surface area contributed by atoms with E-state index in [2.05, 4.69) is 54.3 Å². The minimum atomic E-state index is -1.19. The molecule has 0 aliphatic heterocycles. The Kier molecular flexibility index (Phi) is 9.89. The largest absolute Gasteiger partial charge is 0.381 e. The molecule has 39 heavy (non-hydrogen) atoms. The molecule has 0 aromatic rings. The average Bonchev–Trinajstić information content (AvgIpc) is 3.19. The highest BCUT2D eigenvalue weighted by Gasteiger charge is 2.67.